The Balaban J connectivity index is 2.44. The van der Waals surface area contributed by atoms with Gasteiger partial charge in [-0.2, -0.15) is 0 Å². The second-order valence-electron chi connectivity index (χ2n) is 4.18. The van der Waals surface area contributed by atoms with Crippen molar-refractivity contribution < 1.29 is 18.3 Å². The molecule has 104 valence electrons. The van der Waals surface area contributed by atoms with Gasteiger partial charge in [0, 0.05) is 11.1 Å². The number of aliphatic carboxylic acids is 1. The van der Waals surface area contributed by atoms with E-state index >= 15 is 0 Å². The topological polar surface area (TPSA) is 71.4 Å². The summed E-state index contributed by atoms with van der Waals surface area (Å²) in [7, 11) is -3.28. The van der Waals surface area contributed by atoms with Crippen molar-refractivity contribution in [3.05, 3.63) is 52.2 Å². The molecule has 4 nitrogen and oxygen atoms in total. The molecule has 2 aromatic rings. The molecule has 1 N–H and O–H groups in total. The fraction of sp³-hybridized carbons (Fsp3) is 0.0714. The smallest absolute Gasteiger partial charge is 0.336 e. The lowest BCUT2D eigenvalue weighted by molar-refractivity contribution is -0.130. The summed E-state index contributed by atoms with van der Waals surface area (Å²) in [6.07, 6.45) is 2.68. The number of hydrogen-bond donors (Lipinski definition) is 1. The largest absolute Gasteiger partial charge is 0.478 e. The highest BCUT2D eigenvalue weighted by atomic mass is 32.2. The Labute approximate surface area is 120 Å². The molecule has 0 radical (unpaired) electrons. The van der Waals surface area contributed by atoms with Crippen molar-refractivity contribution in [2.45, 2.75) is 4.90 Å². The van der Waals surface area contributed by atoms with E-state index in [1.54, 1.807) is 6.08 Å². The number of carbonyl (C=O) groups is 1. The predicted molar refractivity (Wildman–Crippen MR) is 79.4 cm³/mol. The molecule has 0 aliphatic rings. The molecule has 2 rings (SSSR count). The molecule has 0 atom stereocenters. The summed E-state index contributed by atoms with van der Waals surface area (Å²) in [6.45, 7) is 0. The van der Waals surface area contributed by atoms with Gasteiger partial charge in [-0.1, -0.05) is 18.2 Å². The third-order valence-corrected chi connectivity index (χ3v) is 4.60. The van der Waals surface area contributed by atoms with Crippen LogP contribution in [-0.2, 0) is 14.6 Å². The van der Waals surface area contributed by atoms with Gasteiger partial charge >= 0.3 is 5.97 Å². The van der Waals surface area contributed by atoms with Crippen LogP contribution in [0.4, 0.5) is 0 Å². The van der Waals surface area contributed by atoms with E-state index in [4.69, 9.17) is 0 Å². The number of carboxylic acid groups (broad SMARTS) is 1. The van der Waals surface area contributed by atoms with Crippen LogP contribution in [0.25, 0.3) is 11.6 Å². The zero-order valence-corrected chi connectivity index (χ0v) is 12.2. The molecule has 0 amide bonds. The summed E-state index contributed by atoms with van der Waals surface area (Å²) in [4.78, 5) is 12.3. The third-order valence-electron chi connectivity index (χ3n) is 2.65. The number of hydrogen-bond acceptors (Lipinski definition) is 4. The minimum atomic E-state index is -3.28. The van der Waals surface area contributed by atoms with Crippen LogP contribution in [0.5, 0.6) is 0 Å². The highest BCUT2D eigenvalue weighted by Gasteiger charge is 2.13. The zero-order chi connectivity index (χ0) is 14.8. The first-order valence-corrected chi connectivity index (χ1v) is 8.44. The SMILES string of the molecule is CS(=O)(=O)c1ccc(C(=Cc2cccs2)C(=O)O)cc1. The minimum absolute atomic E-state index is 0.132. The summed E-state index contributed by atoms with van der Waals surface area (Å²) >= 11 is 1.44. The number of thiophene rings is 1. The molecule has 0 aliphatic heterocycles. The second-order valence-corrected chi connectivity index (χ2v) is 7.17. The standard InChI is InChI=1S/C14H12O4S2/c1-20(17,18)12-6-4-10(5-7-12)13(14(15)16)9-11-3-2-8-19-11/h2-9H,1H3,(H,15,16). The molecule has 0 bridgehead atoms. The Morgan fingerprint density at radius 3 is 2.30 bits per heavy atom. The molecule has 0 saturated carbocycles. The van der Waals surface area contributed by atoms with Crippen molar-refractivity contribution in [3.63, 3.8) is 0 Å². The fourth-order valence-electron chi connectivity index (χ4n) is 1.67. The van der Waals surface area contributed by atoms with Crippen molar-refractivity contribution in [1.82, 2.24) is 0 Å². The summed E-state index contributed by atoms with van der Waals surface area (Å²) in [5, 5.41) is 11.1. The Morgan fingerprint density at radius 1 is 1.20 bits per heavy atom. The van der Waals surface area contributed by atoms with Gasteiger partial charge < -0.3 is 5.11 Å². The van der Waals surface area contributed by atoms with Crippen LogP contribution in [0, 0.1) is 0 Å². The van der Waals surface area contributed by atoms with E-state index in [-0.39, 0.29) is 10.5 Å². The molecular weight excluding hydrogens is 296 g/mol. The number of sulfone groups is 1. The van der Waals surface area contributed by atoms with Crippen molar-refractivity contribution in [3.8, 4) is 0 Å². The van der Waals surface area contributed by atoms with Gasteiger partial charge in [0.1, 0.15) is 0 Å². The van der Waals surface area contributed by atoms with E-state index in [1.165, 1.54) is 35.6 Å². The molecule has 1 heterocycles. The van der Waals surface area contributed by atoms with Crippen molar-refractivity contribution in [2.24, 2.45) is 0 Å². The van der Waals surface area contributed by atoms with Crippen LogP contribution in [0.3, 0.4) is 0 Å². The Morgan fingerprint density at radius 2 is 1.85 bits per heavy atom. The molecule has 6 heteroatoms. The van der Waals surface area contributed by atoms with Gasteiger partial charge in [-0.3, -0.25) is 0 Å². The summed E-state index contributed by atoms with van der Waals surface area (Å²) in [6, 6.07) is 9.49. The van der Waals surface area contributed by atoms with E-state index < -0.39 is 15.8 Å². The first-order chi connectivity index (χ1) is 9.38. The fourth-order valence-corrected chi connectivity index (χ4v) is 2.95. The van der Waals surface area contributed by atoms with Crippen LogP contribution in [-0.4, -0.2) is 25.7 Å². The zero-order valence-electron chi connectivity index (χ0n) is 10.6. The van der Waals surface area contributed by atoms with E-state index in [0.29, 0.717) is 5.56 Å². The average Bonchev–Trinajstić information content (AvgIpc) is 2.87. The summed E-state index contributed by atoms with van der Waals surface area (Å²) < 4.78 is 22.7. The van der Waals surface area contributed by atoms with Gasteiger partial charge in [0.05, 0.1) is 10.5 Å². The van der Waals surface area contributed by atoms with Gasteiger partial charge in [-0.15, -0.1) is 11.3 Å². The molecule has 20 heavy (non-hydrogen) atoms. The van der Waals surface area contributed by atoms with E-state index in [0.717, 1.165) is 11.1 Å². The Bertz CT molecular complexity index is 739. The monoisotopic (exact) mass is 308 g/mol. The van der Waals surface area contributed by atoms with Crippen molar-refractivity contribution in [1.29, 1.82) is 0 Å². The number of rotatable bonds is 4. The normalized spacial score (nSPS) is 12.3. The van der Waals surface area contributed by atoms with Crippen LogP contribution >= 0.6 is 11.3 Å². The molecule has 1 aromatic carbocycles. The van der Waals surface area contributed by atoms with Gasteiger partial charge in [-0.05, 0) is 35.2 Å². The lowest BCUT2D eigenvalue weighted by atomic mass is 10.1. The summed E-state index contributed by atoms with van der Waals surface area (Å²) in [5.41, 5.74) is 0.603. The van der Waals surface area contributed by atoms with Crippen LogP contribution in [0.2, 0.25) is 0 Å². The van der Waals surface area contributed by atoms with Gasteiger partial charge in [0.15, 0.2) is 9.84 Å². The van der Waals surface area contributed by atoms with Crippen molar-refractivity contribution >= 4 is 38.8 Å². The Kier molecular flexibility index (Phi) is 4.06. The summed E-state index contributed by atoms with van der Waals surface area (Å²) in [5.74, 6) is -1.05. The van der Waals surface area contributed by atoms with Gasteiger partial charge in [-0.25, -0.2) is 13.2 Å². The molecule has 0 unspecified atom stereocenters. The van der Waals surface area contributed by atoms with Crippen molar-refractivity contribution in [2.75, 3.05) is 6.26 Å². The first kappa shape index (κ1) is 14.5. The molecule has 0 aliphatic carbocycles. The maximum atomic E-state index is 11.4. The van der Waals surface area contributed by atoms with E-state index in [9.17, 15) is 18.3 Å². The molecular formula is C14H12O4S2. The van der Waals surface area contributed by atoms with Crippen LogP contribution < -0.4 is 0 Å². The number of carboxylic acids is 1. The van der Waals surface area contributed by atoms with E-state index in [1.807, 2.05) is 17.5 Å². The van der Waals surface area contributed by atoms with Gasteiger partial charge in [0.25, 0.3) is 0 Å². The minimum Gasteiger partial charge on any atom is -0.478 e. The first-order valence-electron chi connectivity index (χ1n) is 5.67. The molecule has 1 aromatic heterocycles. The molecule has 0 saturated heterocycles. The average molecular weight is 308 g/mol. The predicted octanol–water partition coefficient (Wildman–Crippen LogP) is 2.78. The van der Waals surface area contributed by atoms with E-state index in [2.05, 4.69) is 0 Å². The lowest BCUT2D eigenvalue weighted by Gasteiger charge is -2.04. The van der Waals surface area contributed by atoms with Crippen LogP contribution in [0.1, 0.15) is 10.4 Å². The molecule has 0 spiro atoms. The van der Waals surface area contributed by atoms with Gasteiger partial charge in [0.2, 0.25) is 0 Å². The second kappa shape index (κ2) is 5.60. The lowest BCUT2D eigenvalue weighted by Crippen LogP contribution is -2.01. The maximum Gasteiger partial charge on any atom is 0.336 e. The highest BCUT2D eigenvalue weighted by Crippen LogP contribution is 2.22. The molecule has 0 fully saturated rings. The third kappa shape index (κ3) is 3.34. The highest BCUT2D eigenvalue weighted by molar-refractivity contribution is 7.90. The number of benzene rings is 1. The maximum absolute atomic E-state index is 11.4. The Hall–Kier alpha value is -1.92. The van der Waals surface area contributed by atoms with Crippen LogP contribution in [0.15, 0.2) is 46.7 Å². The quantitative estimate of drug-likeness (QED) is 0.882.